The van der Waals surface area contributed by atoms with Gasteiger partial charge in [0.15, 0.2) is 12.2 Å². The third-order valence-corrected chi connectivity index (χ3v) is 16.2. The lowest BCUT2D eigenvalue weighted by atomic mass is 10.0. The van der Waals surface area contributed by atoms with Crippen LogP contribution in [0.1, 0.15) is 311 Å². The number of carbonyl (C=O) groups excluding carboxylic acids is 4. The van der Waals surface area contributed by atoms with Crippen LogP contribution >= 0.6 is 15.6 Å². The minimum Gasteiger partial charge on any atom is -0.462 e. The number of hydrogen-bond acceptors (Lipinski definition) is 15. The summed E-state index contributed by atoms with van der Waals surface area (Å²) in [5.74, 6) is -1.43. The number of carbonyl (C=O) groups is 4. The standard InChI is InChI=1S/C62H120O17P2/c1-6-9-12-15-16-17-18-19-20-21-22-23-24-25-26-27-28-33-38-43-48-62(67)79-58(52-73-60(65)46-41-37-32-30-29-31-36-39-44-55(4)5)54-77-81(70,71)75-50-56(63)49-74-80(68,69)76-53-57(78-61(66)47-42-35-14-11-8-3)51-72-59(64)45-40-34-13-10-7-2/h55-58,63H,6-54H2,1-5H3,(H,68,69)(H,70,71)/t56-,57+,58+/m0/s1. The molecule has 0 aromatic heterocycles. The maximum absolute atomic E-state index is 13.0. The fourth-order valence-corrected chi connectivity index (χ4v) is 10.8. The van der Waals surface area contributed by atoms with Crippen LogP contribution in [-0.2, 0) is 65.4 Å². The Morgan fingerprint density at radius 3 is 0.840 bits per heavy atom. The van der Waals surface area contributed by atoms with Gasteiger partial charge in [0.25, 0.3) is 0 Å². The van der Waals surface area contributed by atoms with E-state index in [0.717, 1.165) is 102 Å². The number of esters is 4. The molecule has 0 aromatic carbocycles. The molecule has 0 aliphatic heterocycles. The number of hydrogen-bond donors (Lipinski definition) is 3. The smallest absolute Gasteiger partial charge is 0.462 e. The fraction of sp³-hybridized carbons (Fsp3) is 0.935. The molecule has 480 valence electrons. The number of ether oxygens (including phenoxy) is 4. The van der Waals surface area contributed by atoms with Crippen molar-refractivity contribution in [2.24, 2.45) is 5.92 Å². The second kappa shape index (κ2) is 55.9. The zero-order chi connectivity index (χ0) is 59.9. The first-order chi connectivity index (χ1) is 39.0. The Hall–Kier alpha value is -1.94. The minimum atomic E-state index is -4.94. The van der Waals surface area contributed by atoms with Crippen LogP contribution in [0.15, 0.2) is 0 Å². The van der Waals surface area contributed by atoms with Crippen molar-refractivity contribution in [3.05, 3.63) is 0 Å². The van der Waals surface area contributed by atoms with Crippen molar-refractivity contribution in [3.8, 4) is 0 Å². The van der Waals surface area contributed by atoms with Crippen molar-refractivity contribution >= 4 is 39.5 Å². The first-order valence-corrected chi connectivity index (χ1v) is 35.6. The Morgan fingerprint density at radius 2 is 0.568 bits per heavy atom. The van der Waals surface area contributed by atoms with E-state index in [9.17, 15) is 43.2 Å². The first kappa shape index (κ1) is 79.1. The van der Waals surface area contributed by atoms with Crippen molar-refractivity contribution in [2.75, 3.05) is 39.6 Å². The molecule has 5 atom stereocenters. The van der Waals surface area contributed by atoms with Gasteiger partial charge in [-0.2, -0.15) is 0 Å². The molecular weight excluding hydrogens is 1080 g/mol. The molecule has 0 bridgehead atoms. The molecule has 2 unspecified atom stereocenters. The molecule has 3 N–H and O–H groups in total. The molecular formula is C62H120O17P2. The predicted octanol–water partition coefficient (Wildman–Crippen LogP) is 17.0. The normalized spacial score (nSPS) is 14.3. The molecule has 0 aliphatic carbocycles. The number of unbranched alkanes of at least 4 members (excludes halogenated alkanes) is 34. The molecule has 0 radical (unpaired) electrons. The summed E-state index contributed by atoms with van der Waals surface area (Å²) in [6.45, 7) is 6.96. The quantitative estimate of drug-likeness (QED) is 0.0222. The van der Waals surface area contributed by atoms with E-state index in [1.165, 1.54) is 128 Å². The lowest BCUT2D eigenvalue weighted by Gasteiger charge is -2.21. The van der Waals surface area contributed by atoms with Crippen LogP contribution in [0.2, 0.25) is 0 Å². The van der Waals surface area contributed by atoms with Crippen LogP contribution in [0.3, 0.4) is 0 Å². The highest BCUT2D eigenvalue weighted by atomic mass is 31.2. The van der Waals surface area contributed by atoms with Gasteiger partial charge in [0.05, 0.1) is 26.4 Å². The SMILES string of the molecule is CCCCCCCCCCCCCCCCCCCCCCC(=O)O[C@H](COC(=O)CCCCCCCCCCC(C)C)COP(=O)(O)OC[C@@H](O)COP(=O)(O)OC[C@@H](COC(=O)CCCCCCC)OC(=O)CCCCCCC. The molecule has 0 saturated heterocycles. The molecule has 0 aromatic rings. The van der Waals surface area contributed by atoms with Gasteiger partial charge >= 0.3 is 39.5 Å². The molecule has 81 heavy (non-hydrogen) atoms. The molecule has 0 aliphatic rings. The Bertz CT molecular complexity index is 1580. The van der Waals surface area contributed by atoms with Crippen molar-refractivity contribution in [1.29, 1.82) is 0 Å². The van der Waals surface area contributed by atoms with Crippen molar-refractivity contribution < 1.29 is 80.2 Å². The highest BCUT2D eigenvalue weighted by Crippen LogP contribution is 2.45. The molecule has 0 saturated carbocycles. The monoisotopic (exact) mass is 1200 g/mol. The maximum atomic E-state index is 13.0. The van der Waals surface area contributed by atoms with Crippen LogP contribution in [-0.4, -0.2) is 96.7 Å². The summed E-state index contributed by atoms with van der Waals surface area (Å²) in [5, 5.41) is 10.5. The average molecular weight is 1200 g/mol. The van der Waals surface area contributed by atoms with Gasteiger partial charge in [-0.1, -0.05) is 259 Å². The highest BCUT2D eigenvalue weighted by Gasteiger charge is 2.30. The van der Waals surface area contributed by atoms with Crippen LogP contribution in [0, 0.1) is 5.92 Å². The van der Waals surface area contributed by atoms with E-state index in [1.54, 1.807) is 0 Å². The van der Waals surface area contributed by atoms with E-state index in [4.69, 9.17) is 37.0 Å². The molecule has 0 fully saturated rings. The molecule has 0 spiro atoms. The van der Waals surface area contributed by atoms with Crippen molar-refractivity contribution in [2.45, 2.75) is 329 Å². The second-order valence-electron chi connectivity index (χ2n) is 22.9. The van der Waals surface area contributed by atoms with Gasteiger partial charge in [-0.3, -0.25) is 37.3 Å². The lowest BCUT2D eigenvalue weighted by molar-refractivity contribution is -0.161. The number of aliphatic hydroxyl groups is 1. The highest BCUT2D eigenvalue weighted by molar-refractivity contribution is 7.47. The number of aliphatic hydroxyl groups excluding tert-OH is 1. The number of phosphoric ester groups is 2. The number of rotatable bonds is 62. The maximum Gasteiger partial charge on any atom is 0.472 e. The Labute approximate surface area is 492 Å². The van der Waals surface area contributed by atoms with Gasteiger partial charge in [0.1, 0.15) is 19.3 Å². The van der Waals surface area contributed by atoms with Crippen LogP contribution in [0.5, 0.6) is 0 Å². The first-order valence-electron chi connectivity index (χ1n) is 32.6. The zero-order valence-corrected chi connectivity index (χ0v) is 53.7. The van der Waals surface area contributed by atoms with Gasteiger partial charge in [-0.15, -0.1) is 0 Å². The van der Waals surface area contributed by atoms with E-state index in [0.29, 0.717) is 25.7 Å². The van der Waals surface area contributed by atoms with Crippen LogP contribution in [0.4, 0.5) is 0 Å². The summed E-state index contributed by atoms with van der Waals surface area (Å²) in [4.78, 5) is 71.5. The molecule has 17 nitrogen and oxygen atoms in total. The topological polar surface area (TPSA) is 237 Å². The van der Waals surface area contributed by atoms with Gasteiger partial charge in [0, 0.05) is 25.7 Å². The Morgan fingerprint density at radius 1 is 0.333 bits per heavy atom. The molecule has 0 rings (SSSR count). The zero-order valence-electron chi connectivity index (χ0n) is 51.9. The van der Waals surface area contributed by atoms with Crippen molar-refractivity contribution in [3.63, 3.8) is 0 Å². The third kappa shape index (κ3) is 56.9. The molecule has 0 amide bonds. The van der Waals surface area contributed by atoms with Gasteiger partial charge in [-0.25, -0.2) is 9.13 Å². The van der Waals surface area contributed by atoms with E-state index in [1.807, 2.05) is 0 Å². The average Bonchev–Trinajstić information content (AvgIpc) is 3.43. The summed E-state index contributed by atoms with van der Waals surface area (Å²) in [5.41, 5.74) is 0. The summed E-state index contributed by atoms with van der Waals surface area (Å²) in [6, 6.07) is 0. The molecule has 0 heterocycles. The summed E-state index contributed by atoms with van der Waals surface area (Å²) >= 11 is 0. The van der Waals surface area contributed by atoms with E-state index in [-0.39, 0.29) is 25.7 Å². The second-order valence-corrected chi connectivity index (χ2v) is 25.8. The Balaban J connectivity index is 5.04. The predicted molar refractivity (Wildman–Crippen MR) is 322 cm³/mol. The van der Waals surface area contributed by atoms with E-state index < -0.39 is 97.5 Å². The molecule has 19 heteroatoms. The number of phosphoric acid groups is 2. The summed E-state index contributed by atoms with van der Waals surface area (Å²) in [6.07, 6.45) is 40.0. The van der Waals surface area contributed by atoms with E-state index in [2.05, 4.69) is 34.6 Å². The van der Waals surface area contributed by atoms with E-state index >= 15 is 0 Å². The summed E-state index contributed by atoms with van der Waals surface area (Å²) < 4.78 is 67.4. The Kier molecular flexibility index (Phi) is 54.6. The summed E-state index contributed by atoms with van der Waals surface area (Å²) in [7, 11) is -9.86. The van der Waals surface area contributed by atoms with Gasteiger partial charge in [-0.05, 0) is 31.6 Å². The van der Waals surface area contributed by atoms with Gasteiger partial charge < -0.3 is 33.8 Å². The fourth-order valence-electron chi connectivity index (χ4n) is 9.23. The van der Waals surface area contributed by atoms with Crippen LogP contribution < -0.4 is 0 Å². The van der Waals surface area contributed by atoms with Crippen LogP contribution in [0.25, 0.3) is 0 Å². The van der Waals surface area contributed by atoms with Gasteiger partial charge in [0.2, 0.25) is 0 Å². The lowest BCUT2D eigenvalue weighted by Crippen LogP contribution is -2.30. The third-order valence-electron chi connectivity index (χ3n) is 14.3. The van der Waals surface area contributed by atoms with Crippen molar-refractivity contribution in [1.82, 2.24) is 0 Å². The largest absolute Gasteiger partial charge is 0.472 e. The minimum absolute atomic E-state index is 0.0988.